The van der Waals surface area contributed by atoms with Gasteiger partial charge in [-0.1, -0.05) is 107 Å². The molecule has 0 heterocycles. The van der Waals surface area contributed by atoms with E-state index in [9.17, 15) is 14.7 Å². The summed E-state index contributed by atoms with van der Waals surface area (Å²) in [5.41, 5.74) is 9.50. The van der Waals surface area contributed by atoms with Crippen LogP contribution in [0.3, 0.4) is 0 Å². The van der Waals surface area contributed by atoms with E-state index in [0.29, 0.717) is 12.0 Å². The first-order valence-electron chi connectivity index (χ1n) is 18.1. The molecule has 0 radical (unpaired) electrons. The van der Waals surface area contributed by atoms with Gasteiger partial charge in [0.15, 0.2) is 0 Å². The zero-order valence-corrected chi connectivity index (χ0v) is 30.8. The molecule has 0 saturated heterocycles. The van der Waals surface area contributed by atoms with E-state index in [1.807, 2.05) is 0 Å². The molecular weight excluding hydrogens is 608 g/mol. The summed E-state index contributed by atoms with van der Waals surface area (Å²) in [6.07, 6.45) is 10.3. The number of aryl methyl sites for hydroxylation is 6. The largest absolute Gasteiger partial charge is 0.462 e. The van der Waals surface area contributed by atoms with Gasteiger partial charge in [-0.3, -0.25) is 0 Å². The molecule has 0 fully saturated rings. The van der Waals surface area contributed by atoms with E-state index < -0.39 is 17.5 Å². The summed E-state index contributed by atoms with van der Waals surface area (Å²) in [4.78, 5) is 24.6. The molecule has 1 atom stereocenters. The molecule has 0 bridgehead atoms. The number of unbranched alkanes of at least 4 members (excludes halogenated alkanes) is 2. The van der Waals surface area contributed by atoms with Crippen molar-refractivity contribution < 1.29 is 24.2 Å². The topological polar surface area (TPSA) is 72.8 Å². The standard InChI is InChI=1S/C44H58O5/c1-9-12-13-14-33-15-17-34(18-16-33)21-23-39-24-25-40(28-37(39)10-2)41-26-22-35(27-38(41)11-3)19-20-36(29-48-42(45)31(4)5)30-49-43(46)32(6)44(7,8)47/h15-18,22,24-28,36,47H,4,6,9-14,19-21,23,29-30H2,1-3,5,7-8H3. The average Bonchev–Trinajstić information content (AvgIpc) is 3.09. The highest BCUT2D eigenvalue weighted by atomic mass is 16.5. The molecule has 5 heteroatoms. The lowest BCUT2D eigenvalue weighted by molar-refractivity contribution is -0.145. The summed E-state index contributed by atoms with van der Waals surface area (Å²) in [5, 5.41) is 10.1. The minimum absolute atomic E-state index is 0.0181. The number of esters is 2. The number of benzene rings is 3. The maximum Gasteiger partial charge on any atom is 0.336 e. The molecule has 0 spiro atoms. The van der Waals surface area contributed by atoms with Gasteiger partial charge in [-0.25, -0.2) is 9.59 Å². The molecule has 0 aliphatic heterocycles. The van der Waals surface area contributed by atoms with Gasteiger partial charge < -0.3 is 14.6 Å². The van der Waals surface area contributed by atoms with Gasteiger partial charge in [-0.05, 0) is 117 Å². The third kappa shape index (κ3) is 12.5. The van der Waals surface area contributed by atoms with Crippen LogP contribution in [-0.2, 0) is 57.6 Å². The normalized spacial score (nSPS) is 12.0. The maximum atomic E-state index is 12.5. The van der Waals surface area contributed by atoms with Crippen LogP contribution in [0.25, 0.3) is 11.1 Å². The molecule has 0 amide bonds. The van der Waals surface area contributed by atoms with E-state index in [4.69, 9.17) is 9.47 Å². The third-order valence-corrected chi connectivity index (χ3v) is 9.30. The fourth-order valence-electron chi connectivity index (χ4n) is 5.91. The number of carbonyl (C=O) groups excluding carboxylic acids is 2. The van der Waals surface area contributed by atoms with E-state index in [1.165, 1.54) is 84.0 Å². The molecule has 1 N–H and O–H groups in total. The summed E-state index contributed by atoms with van der Waals surface area (Å²) >= 11 is 0. The quantitative estimate of drug-likeness (QED) is 0.0739. The van der Waals surface area contributed by atoms with Gasteiger partial charge in [0.25, 0.3) is 0 Å². The van der Waals surface area contributed by atoms with Crippen LogP contribution < -0.4 is 0 Å². The second-order valence-corrected chi connectivity index (χ2v) is 13.9. The lowest BCUT2D eigenvalue weighted by Gasteiger charge is -2.21. The van der Waals surface area contributed by atoms with Gasteiger partial charge in [-0.15, -0.1) is 0 Å². The average molecular weight is 667 g/mol. The maximum absolute atomic E-state index is 12.5. The van der Waals surface area contributed by atoms with Gasteiger partial charge >= 0.3 is 11.9 Å². The predicted molar refractivity (Wildman–Crippen MR) is 202 cm³/mol. The van der Waals surface area contributed by atoms with E-state index >= 15 is 0 Å². The summed E-state index contributed by atoms with van der Waals surface area (Å²) in [7, 11) is 0. The summed E-state index contributed by atoms with van der Waals surface area (Å²) in [6, 6.07) is 22.8. The van der Waals surface area contributed by atoms with Crippen molar-refractivity contribution in [2.24, 2.45) is 5.92 Å². The molecule has 5 nitrogen and oxygen atoms in total. The zero-order valence-electron chi connectivity index (χ0n) is 30.8. The van der Waals surface area contributed by atoms with Gasteiger partial charge in [0.05, 0.1) is 24.4 Å². The van der Waals surface area contributed by atoms with Crippen molar-refractivity contribution in [3.8, 4) is 11.1 Å². The summed E-state index contributed by atoms with van der Waals surface area (Å²) < 4.78 is 10.9. The molecule has 0 aliphatic rings. The molecule has 0 aromatic heterocycles. The van der Waals surface area contributed by atoms with Crippen molar-refractivity contribution in [3.63, 3.8) is 0 Å². The Morgan fingerprint density at radius 2 is 1.33 bits per heavy atom. The number of aliphatic hydroxyl groups is 1. The van der Waals surface area contributed by atoms with Crippen molar-refractivity contribution in [3.05, 3.63) is 118 Å². The van der Waals surface area contributed by atoms with Crippen molar-refractivity contribution in [1.82, 2.24) is 0 Å². The fourth-order valence-corrected chi connectivity index (χ4v) is 5.91. The second kappa shape index (κ2) is 19.3. The van der Waals surface area contributed by atoms with Gasteiger partial charge in [0.2, 0.25) is 0 Å². The Morgan fingerprint density at radius 3 is 1.92 bits per heavy atom. The Morgan fingerprint density at radius 1 is 0.714 bits per heavy atom. The number of rotatable bonds is 20. The first-order valence-corrected chi connectivity index (χ1v) is 18.1. The van der Waals surface area contributed by atoms with Crippen LogP contribution in [0.2, 0.25) is 0 Å². The SMILES string of the molecule is C=C(C)C(=O)OCC(CCc1ccc(-c2ccc(CCc3ccc(CCCCC)cc3)c(CC)c2)c(CC)c1)COC(=O)C(=C)C(C)(C)O. The first kappa shape index (κ1) is 39.5. The first-order chi connectivity index (χ1) is 23.4. The van der Waals surface area contributed by atoms with E-state index in [1.54, 1.807) is 6.92 Å². The Balaban J connectivity index is 1.69. The monoisotopic (exact) mass is 666 g/mol. The number of hydrogen-bond acceptors (Lipinski definition) is 5. The molecule has 1 unspecified atom stereocenters. The molecular formula is C44H58O5. The van der Waals surface area contributed by atoms with Crippen LogP contribution in [0.15, 0.2) is 85.0 Å². The van der Waals surface area contributed by atoms with Gasteiger partial charge in [0.1, 0.15) is 0 Å². The van der Waals surface area contributed by atoms with Gasteiger partial charge in [-0.2, -0.15) is 0 Å². The Labute approximate surface area is 295 Å². The lowest BCUT2D eigenvalue weighted by atomic mass is 9.90. The molecule has 3 aromatic rings. The highest BCUT2D eigenvalue weighted by Crippen LogP contribution is 2.29. The summed E-state index contributed by atoms with van der Waals surface area (Å²) in [5.74, 6) is -1.36. The second-order valence-electron chi connectivity index (χ2n) is 13.9. The number of carbonyl (C=O) groups is 2. The van der Waals surface area contributed by atoms with Crippen LogP contribution in [0.4, 0.5) is 0 Å². The van der Waals surface area contributed by atoms with Crippen LogP contribution >= 0.6 is 0 Å². The van der Waals surface area contributed by atoms with Gasteiger partial charge in [0, 0.05) is 11.5 Å². The lowest BCUT2D eigenvalue weighted by Crippen LogP contribution is -2.30. The smallest absolute Gasteiger partial charge is 0.336 e. The molecule has 0 saturated carbocycles. The third-order valence-electron chi connectivity index (χ3n) is 9.30. The van der Waals surface area contributed by atoms with E-state index in [0.717, 1.165) is 32.1 Å². The zero-order chi connectivity index (χ0) is 36.0. The molecule has 49 heavy (non-hydrogen) atoms. The molecule has 0 aliphatic carbocycles. The van der Waals surface area contributed by atoms with Crippen molar-refractivity contribution in [2.45, 2.75) is 111 Å². The van der Waals surface area contributed by atoms with Crippen LogP contribution in [-0.4, -0.2) is 35.9 Å². The van der Waals surface area contributed by atoms with Crippen molar-refractivity contribution in [1.29, 1.82) is 0 Å². The van der Waals surface area contributed by atoms with Crippen LogP contribution in [0, 0.1) is 5.92 Å². The van der Waals surface area contributed by atoms with Crippen molar-refractivity contribution >= 4 is 11.9 Å². The highest BCUT2D eigenvalue weighted by Gasteiger charge is 2.26. The Bertz CT molecular complexity index is 1560. The number of ether oxygens (including phenoxy) is 2. The Hall–Kier alpha value is -3.96. The van der Waals surface area contributed by atoms with Crippen LogP contribution in [0.5, 0.6) is 0 Å². The molecule has 3 aromatic carbocycles. The summed E-state index contributed by atoms with van der Waals surface area (Å²) in [6.45, 7) is 18.7. The molecule has 264 valence electrons. The van der Waals surface area contributed by atoms with Crippen molar-refractivity contribution in [2.75, 3.05) is 13.2 Å². The minimum Gasteiger partial charge on any atom is -0.462 e. The minimum atomic E-state index is -1.38. The molecule has 3 rings (SSSR count). The van der Waals surface area contributed by atoms with Crippen LogP contribution in [0.1, 0.15) is 101 Å². The highest BCUT2D eigenvalue weighted by molar-refractivity contribution is 5.89. The fraction of sp³-hybridized carbons (Fsp3) is 0.455. The predicted octanol–water partition coefficient (Wildman–Crippen LogP) is 9.53. The van der Waals surface area contributed by atoms with E-state index in [2.05, 4.69) is 94.6 Å². The Kier molecular flexibility index (Phi) is 15.5. The number of hydrogen-bond donors (Lipinski definition) is 1. The van der Waals surface area contributed by atoms with E-state index in [-0.39, 0.29) is 24.7 Å².